The fourth-order valence-electron chi connectivity index (χ4n) is 4.76. The Morgan fingerprint density at radius 2 is 1.95 bits per heavy atom. The summed E-state index contributed by atoms with van der Waals surface area (Å²) in [6, 6.07) is 0. The van der Waals surface area contributed by atoms with Crippen LogP contribution in [-0.2, 0) is 14.3 Å². The first-order valence-corrected chi connectivity index (χ1v) is 8.38. The SMILES string of the molecule is CC1(C)[C@H]2CC[C@@]1(C)[C@H](OC(=O)C[N+]1(C)CCOCC1)C2. The maximum atomic E-state index is 12.4. The molecule has 0 amide bonds. The lowest BCUT2D eigenvalue weighted by molar-refractivity contribution is -0.910. The van der Waals surface area contributed by atoms with Crippen LogP contribution in [0, 0.1) is 16.7 Å². The van der Waals surface area contributed by atoms with Crippen LogP contribution in [0.1, 0.15) is 40.0 Å². The summed E-state index contributed by atoms with van der Waals surface area (Å²) in [7, 11) is 2.14. The normalized spacial score (nSPS) is 40.2. The Balaban J connectivity index is 1.61. The molecule has 0 aromatic carbocycles. The third-order valence-electron chi connectivity index (χ3n) is 7.05. The molecule has 0 aromatic rings. The van der Waals surface area contributed by atoms with Crippen molar-refractivity contribution in [3.63, 3.8) is 0 Å². The van der Waals surface area contributed by atoms with Gasteiger partial charge >= 0.3 is 5.97 Å². The monoisotopic (exact) mass is 296 g/mol. The van der Waals surface area contributed by atoms with E-state index in [0.717, 1.165) is 37.2 Å². The largest absolute Gasteiger partial charge is 0.458 e. The van der Waals surface area contributed by atoms with Crippen LogP contribution in [0.3, 0.4) is 0 Å². The quantitative estimate of drug-likeness (QED) is 0.592. The zero-order valence-electron chi connectivity index (χ0n) is 14.0. The maximum absolute atomic E-state index is 12.4. The van der Waals surface area contributed by atoms with Crippen molar-refractivity contribution in [3.05, 3.63) is 0 Å². The van der Waals surface area contributed by atoms with Crippen molar-refractivity contribution in [1.29, 1.82) is 0 Å². The molecule has 1 heterocycles. The third-order valence-corrected chi connectivity index (χ3v) is 7.05. The first-order valence-electron chi connectivity index (χ1n) is 8.38. The van der Waals surface area contributed by atoms with Crippen molar-refractivity contribution in [3.8, 4) is 0 Å². The van der Waals surface area contributed by atoms with Gasteiger partial charge in [0.05, 0.1) is 20.3 Å². The summed E-state index contributed by atoms with van der Waals surface area (Å²) in [6.07, 6.45) is 3.67. The molecule has 21 heavy (non-hydrogen) atoms. The molecule has 0 radical (unpaired) electrons. The van der Waals surface area contributed by atoms with E-state index < -0.39 is 0 Å². The van der Waals surface area contributed by atoms with Crippen molar-refractivity contribution in [2.24, 2.45) is 16.7 Å². The zero-order valence-corrected chi connectivity index (χ0v) is 14.0. The number of quaternary nitrogens is 1. The van der Waals surface area contributed by atoms with E-state index in [2.05, 4.69) is 27.8 Å². The van der Waals surface area contributed by atoms with Crippen LogP contribution in [0.2, 0.25) is 0 Å². The first kappa shape index (κ1) is 15.3. The fourth-order valence-corrected chi connectivity index (χ4v) is 4.76. The smallest absolute Gasteiger partial charge is 0.362 e. The summed E-state index contributed by atoms with van der Waals surface area (Å²) in [4.78, 5) is 12.4. The van der Waals surface area contributed by atoms with Gasteiger partial charge in [0.1, 0.15) is 19.2 Å². The molecule has 4 heteroatoms. The second-order valence-corrected chi connectivity index (χ2v) is 8.43. The van der Waals surface area contributed by atoms with Crippen molar-refractivity contribution in [1.82, 2.24) is 0 Å². The minimum absolute atomic E-state index is 0.0195. The van der Waals surface area contributed by atoms with Crippen molar-refractivity contribution in [2.75, 3.05) is 39.9 Å². The molecule has 1 saturated heterocycles. The number of hydrogen-bond donors (Lipinski definition) is 0. The van der Waals surface area contributed by atoms with E-state index in [1.807, 2.05) is 0 Å². The van der Waals surface area contributed by atoms with Gasteiger partial charge in [-0.25, -0.2) is 4.79 Å². The van der Waals surface area contributed by atoms with E-state index in [1.165, 1.54) is 12.8 Å². The van der Waals surface area contributed by atoms with Crippen molar-refractivity contribution < 1.29 is 18.8 Å². The highest BCUT2D eigenvalue weighted by Gasteiger charge is 2.63. The van der Waals surface area contributed by atoms with Crippen molar-refractivity contribution in [2.45, 2.75) is 46.1 Å². The average Bonchev–Trinajstić information content (AvgIpc) is 2.72. The molecule has 2 bridgehead atoms. The molecule has 4 nitrogen and oxygen atoms in total. The lowest BCUT2D eigenvalue weighted by atomic mass is 9.70. The molecule has 2 aliphatic carbocycles. The highest BCUT2D eigenvalue weighted by Crippen LogP contribution is 2.66. The van der Waals surface area contributed by atoms with Gasteiger partial charge < -0.3 is 14.0 Å². The Kier molecular flexibility index (Phi) is 3.61. The van der Waals surface area contributed by atoms with Gasteiger partial charge in [-0.15, -0.1) is 0 Å². The zero-order chi connectivity index (χ0) is 15.3. The van der Waals surface area contributed by atoms with Crippen LogP contribution in [0.5, 0.6) is 0 Å². The van der Waals surface area contributed by atoms with Gasteiger partial charge in [-0.3, -0.25) is 0 Å². The lowest BCUT2D eigenvalue weighted by Gasteiger charge is -2.40. The molecular formula is C17H30NO3+. The molecule has 3 atom stereocenters. The number of esters is 1. The molecule has 120 valence electrons. The summed E-state index contributed by atoms with van der Waals surface area (Å²) in [6.45, 7) is 10.8. The Labute approximate surface area is 128 Å². The molecule has 3 aliphatic rings. The molecule has 2 saturated carbocycles. The lowest BCUT2D eigenvalue weighted by Crippen LogP contribution is -2.55. The summed E-state index contributed by atoms with van der Waals surface area (Å²) in [5.74, 6) is 0.697. The standard InChI is InChI=1S/C17H30NO3/c1-16(2)13-5-6-17(16,3)14(11-13)21-15(19)12-18(4)7-9-20-10-8-18/h13-14H,5-12H2,1-4H3/q+1/t13-,14+,17-/m0/s1. The van der Waals surface area contributed by atoms with Crippen molar-refractivity contribution >= 4 is 5.97 Å². The summed E-state index contributed by atoms with van der Waals surface area (Å²) in [5.41, 5.74) is 0.465. The molecule has 1 aliphatic heterocycles. The van der Waals surface area contributed by atoms with E-state index in [0.29, 0.717) is 17.9 Å². The minimum atomic E-state index is -0.0195. The van der Waals surface area contributed by atoms with Gasteiger partial charge in [0.15, 0.2) is 6.54 Å². The van der Waals surface area contributed by atoms with Gasteiger partial charge in [0.2, 0.25) is 0 Å². The minimum Gasteiger partial charge on any atom is -0.458 e. The number of nitrogens with zero attached hydrogens (tertiary/aromatic N) is 1. The van der Waals surface area contributed by atoms with E-state index in [9.17, 15) is 4.79 Å². The predicted octanol–water partition coefficient (Wildman–Crippen LogP) is 2.22. The highest BCUT2D eigenvalue weighted by molar-refractivity contribution is 5.71. The first-order chi connectivity index (χ1) is 9.77. The Bertz CT molecular complexity index is 428. The number of rotatable bonds is 3. The molecule has 3 rings (SSSR count). The topological polar surface area (TPSA) is 35.5 Å². The third kappa shape index (κ3) is 2.40. The molecule has 0 unspecified atom stereocenters. The molecule has 0 N–H and O–H groups in total. The molecule has 0 aromatic heterocycles. The van der Waals surface area contributed by atoms with E-state index >= 15 is 0 Å². The molecule has 3 fully saturated rings. The van der Waals surface area contributed by atoms with Crippen LogP contribution in [0.25, 0.3) is 0 Å². The van der Waals surface area contributed by atoms with Crippen LogP contribution >= 0.6 is 0 Å². The number of morpholine rings is 1. The van der Waals surface area contributed by atoms with E-state index in [1.54, 1.807) is 0 Å². The van der Waals surface area contributed by atoms with E-state index in [-0.39, 0.29) is 17.5 Å². The highest BCUT2D eigenvalue weighted by atomic mass is 16.5. The van der Waals surface area contributed by atoms with E-state index in [4.69, 9.17) is 9.47 Å². The number of carbonyl (C=O) groups is 1. The second kappa shape index (κ2) is 4.95. The number of likely N-dealkylation sites (N-methyl/N-ethyl adjacent to an activating group) is 1. The predicted molar refractivity (Wildman–Crippen MR) is 80.7 cm³/mol. The summed E-state index contributed by atoms with van der Waals surface area (Å²) >= 11 is 0. The second-order valence-electron chi connectivity index (χ2n) is 8.43. The molecular weight excluding hydrogens is 266 g/mol. The summed E-state index contributed by atoms with van der Waals surface area (Å²) < 4.78 is 12.1. The van der Waals surface area contributed by atoms with Crippen LogP contribution in [-0.4, -0.2) is 56.5 Å². The summed E-state index contributed by atoms with van der Waals surface area (Å²) in [5, 5.41) is 0. The average molecular weight is 296 g/mol. The van der Waals surface area contributed by atoms with Crippen LogP contribution in [0.15, 0.2) is 0 Å². The Hall–Kier alpha value is -0.610. The van der Waals surface area contributed by atoms with Gasteiger partial charge in [-0.05, 0) is 30.6 Å². The van der Waals surface area contributed by atoms with Gasteiger partial charge in [-0.2, -0.15) is 0 Å². The number of carbonyl (C=O) groups excluding carboxylic acids is 1. The van der Waals surface area contributed by atoms with Gasteiger partial charge in [0.25, 0.3) is 0 Å². The maximum Gasteiger partial charge on any atom is 0.362 e. The molecule has 0 spiro atoms. The van der Waals surface area contributed by atoms with Gasteiger partial charge in [0, 0.05) is 5.41 Å². The Morgan fingerprint density at radius 1 is 1.29 bits per heavy atom. The van der Waals surface area contributed by atoms with Crippen LogP contribution in [0.4, 0.5) is 0 Å². The van der Waals surface area contributed by atoms with Crippen LogP contribution < -0.4 is 0 Å². The number of hydrogen-bond acceptors (Lipinski definition) is 3. The Morgan fingerprint density at radius 3 is 2.48 bits per heavy atom. The fraction of sp³-hybridized carbons (Fsp3) is 0.941. The number of fused-ring (bicyclic) bond motifs is 2. The van der Waals surface area contributed by atoms with Gasteiger partial charge in [-0.1, -0.05) is 20.8 Å². The number of ether oxygens (including phenoxy) is 2.